The van der Waals surface area contributed by atoms with Crippen LogP contribution in [0.25, 0.3) is 5.69 Å². The number of ether oxygens (including phenoxy) is 2. The Hall–Kier alpha value is -3.65. The van der Waals surface area contributed by atoms with E-state index in [1.165, 1.54) is 5.56 Å². The fraction of sp³-hybridized carbons (Fsp3) is 0.393. The molecule has 0 bridgehead atoms. The molecule has 2 amide bonds. The maximum Gasteiger partial charge on any atom is 0.274 e. The van der Waals surface area contributed by atoms with Gasteiger partial charge >= 0.3 is 0 Å². The number of hydrogen-bond acceptors (Lipinski definition) is 5. The second kappa shape index (κ2) is 10.5. The number of aryl methyl sites for hydroxylation is 2. The van der Waals surface area contributed by atoms with Gasteiger partial charge in [0.2, 0.25) is 0 Å². The molecule has 0 saturated carbocycles. The quantitative estimate of drug-likeness (QED) is 0.598. The standard InChI is InChI=1S/C28H32N4O4/c1-21-19-24(30-32(21)23-11-3-2-4-12-23)26(33)31-16-18-36-28(20-31)14-8-7-10-22-9-5-6-13-25(22)35-17-15-29-27(28)34/h2-6,9,11-13,19H,7-8,10,14-18,20H2,1H3,(H,29,34). The minimum Gasteiger partial charge on any atom is -0.491 e. The van der Waals surface area contributed by atoms with Crippen LogP contribution in [0.2, 0.25) is 0 Å². The van der Waals surface area contributed by atoms with Gasteiger partial charge < -0.3 is 19.7 Å². The lowest BCUT2D eigenvalue weighted by Gasteiger charge is -2.41. The second-order valence-corrected chi connectivity index (χ2v) is 9.41. The first-order valence-corrected chi connectivity index (χ1v) is 12.6. The van der Waals surface area contributed by atoms with E-state index in [1.54, 1.807) is 15.6 Å². The molecule has 0 aliphatic carbocycles. The molecule has 1 fully saturated rings. The molecule has 1 spiro atoms. The predicted molar refractivity (Wildman–Crippen MR) is 135 cm³/mol. The van der Waals surface area contributed by atoms with Gasteiger partial charge in [0.05, 0.1) is 25.4 Å². The summed E-state index contributed by atoms with van der Waals surface area (Å²) in [5, 5.41) is 7.56. The summed E-state index contributed by atoms with van der Waals surface area (Å²) in [5.74, 6) is 0.494. The fourth-order valence-electron chi connectivity index (χ4n) is 5.00. The van der Waals surface area contributed by atoms with Crippen LogP contribution < -0.4 is 10.1 Å². The summed E-state index contributed by atoms with van der Waals surface area (Å²) in [6.07, 6.45) is 3.11. The van der Waals surface area contributed by atoms with Crippen molar-refractivity contribution < 1.29 is 19.1 Å². The van der Waals surface area contributed by atoms with Crippen molar-refractivity contribution in [3.8, 4) is 11.4 Å². The minimum atomic E-state index is -1.08. The summed E-state index contributed by atoms with van der Waals surface area (Å²) in [6, 6.07) is 19.6. The number of amides is 2. The molecule has 1 unspecified atom stereocenters. The summed E-state index contributed by atoms with van der Waals surface area (Å²) in [4.78, 5) is 28.5. The number of benzene rings is 2. The van der Waals surface area contributed by atoms with E-state index in [9.17, 15) is 9.59 Å². The maximum atomic E-state index is 13.5. The Morgan fingerprint density at radius 1 is 1.06 bits per heavy atom. The third kappa shape index (κ3) is 4.99. The van der Waals surface area contributed by atoms with Crippen LogP contribution in [0.15, 0.2) is 60.7 Å². The molecular formula is C28H32N4O4. The first-order chi connectivity index (χ1) is 17.6. The van der Waals surface area contributed by atoms with Crippen LogP contribution in [0.4, 0.5) is 0 Å². The monoisotopic (exact) mass is 488 g/mol. The lowest BCUT2D eigenvalue weighted by molar-refractivity contribution is -0.159. The van der Waals surface area contributed by atoms with E-state index >= 15 is 0 Å². The fourth-order valence-corrected chi connectivity index (χ4v) is 5.00. The Balaban J connectivity index is 1.33. The third-order valence-corrected chi connectivity index (χ3v) is 6.89. The van der Waals surface area contributed by atoms with E-state index in [0.717, 1.165) is 36.4 Å². The molecule has 1 atom stereocenters. The number of fused-ring (bicyclic) bond motifs is 1. The van der Waals surface area contributed by atoms with Crippen molar-refractivity contribution in [3.63, 3.8) is 0 Å². The zero-order valence-electron chi connectivity index (χ0n) is 20.6. The van der Waals surface area contributed by atoms with Crippen LogP contribution in [0, 0.1) is 6.92 Å². The van der Waals surface area contributed by atoms with Gasteiger partial charge in [0.25, 0.3) is 11.8 Å². The van der Waals surface area contributed by atoms with Gasteiger partial charge in [-0.3, -0.25) is 9.59 Å². The average Bonchev–Trinajstić information content (AvgIpc) is 3.30. The molecule has 36 heavy (non-hydrogen) atoms. The molecule has 3 aromatic rings. The van der Waals surface area contributed by atoms with Gasteiger partial charge in [-0.1, -0.05) is 36.4 Å². The molecule has 3 heterocycles. The van der Waals surface area contributed by atoms with Crippen molar-refractivity contribution in [1.82, 2.24) is 20.0 Å². The van der Waals surface area contributed by atoms with Crippen molar-refractivity contribution >= 4 is 11.8 Å². The Bertz CT molecular complexity index is 1230. The zero-order valence-corrected chi connectivity index (χ0v) is 20.6. The average molecular weight is 489 g/mol. The number of rotatable bonds is 2. The predicted octanol–water partition coefficient (Wildman–Crippen LogP) is 3.31. The van der Waals surface area contributed by atoms with Gasteiger partial charge in [-0.05, 0) is 62.4 Å². The van der Waals surface area contributed by atoms with Crippen LogP contribution in [0.3, 0.4) is 0 Å². The van der Waals surface area contributed by atoms with Gasteiger partial charge in [0.1, 0.15) is 12.4 Å². The highest BCUT2D eigenvalue weighted by molar-refractivity contribution is 5.94. The van der Waals surface area contributed by atoms with Gasteiger partial charge in [0.15, 0.2) is 11.3 Å². The highest BCUT2D eigenvalue weighted by atomic mass is 16.5. The number of carbonyl (C=O) groups excluding carboxylic acids is 2. The normalized spacial score (nSPS) is 21.0. The highest BCUT2D eigenvalue weighted by Crippen LogP contribution is 2.28. The molecule has 8 nitrogen and oxygen atoms in total. The topological polar surface area (TPSA) is 85.7 Å². The Labute approximate surface area is 211 Å². The first-order valence-electron chi connectivity index (χ1n) is 12.6. The van der Waals surface area contributed by atoms with Crippen molar-refractivity contribution in [2.45, 2.75) is 38.2 Å². The number of carbonyl (C=O) groups is 2. The van der Waals surface area contributed by atoms with E-state index in [-0.39, 0.29) is 18.4 Å². The number of para-hydroxylation sites is 2. The lowest BCUT2D eigenvalue weighted by atomic mass is 9.91. The van der Waals surface area contributed by atoms with Crippen molar-refractivity contribution in [2.24, 2.45) is 0 Å². The van der Waals surface area contributed by atoms with Gasteiger partial charge in [-0.15, -0.1) is 0 Å². The van der Waals surface area contributed by atoms with E-state index < -0.39 is 5.60 Å². The minimum absolute atomic E-state index is 0.188. The van der Waals surface area contributed by atoms with Crippen LogP contribution in [0.5, 0.6) is 5.75 Å². The maximum absolute atomic E-state index is 13.5. The lowest BCUT2D eigenvalue weighted by Crippen LogP contribution is -2.61. The van der Waals surface area contributed by atoms with Crippen molar-refractivity contribution in [2.75, 3.05) is 32.8 Å². The van der Waals surface area contributed by atoms with Gasteiger partial charge in [-0.25, -0.2) is 4.68 Å². The summed E-state index contributed by atoms with van der Waals surface area (Å²) < 4.78 is 13.8. The van der Waals surface area contributed by atoms with Crippen molar-refractivity contribution in [1.29, 1.82) is 0 Å². The molecule has 2 aliphatic heterocycles. The molecular weight excluding hydrogens is 456 g/mol. The molecule has 8 heteroatoms. The largest absolute Gasteiger partial charge is 0.491 e. The van der Waals surface area contributed by atoms with E-state index in [4.69, 9.17) is 9.47 Å². The summed E-state index contributed by atoms with van der Waals surface area (Å²) in [6.45, 7) is 3.59. The Morgan fingerprint density at radius 3 is 2.72 bits per heavy atom. The molecule has 0 radical (unpaired) electrons. The van der Waals surface area contributed by atoms with Crippen LogP contribution in [-0.4, -0.2) is 64.9 Å². The summed E-state index contributed by atoms with van der Waals surface area (Å²) in [5.41, 5.74) is 2.23. The number of hydrogen-bond donors (Lipinski definition) is 1. The van der Waals surface area contributed by atoms with Crippen LogP contribution in [0.1, 0.15) is 41.0 Å². The molecule has 2 aromatic carbocycles. The van der Waals surface area contributed by atoms with Crippen LogP contribution >= 0.6 is 0 Å². The molecule has 2 aliphatic rings. The molecule has 1 saturated heterocycles. The van der Waals surface area contributed by atoms with Gasteiger partial charge in [0, 0.05) is 12.2 Å². The summed E-state index contributed by atoms with van der Waals surface area (Å²) >= 11 is 0. The van der Waals surface area contributed by atoms with E-state index in [2.05, 4.69) is 16.5 Å². The molecule has 1 N–H and O–H groups in total. The van der Waals surface area contributed by atoms with Gasteiger partial charge in [-0.2, -0.15) is 5.10 Å². The van der Waals surface area contributed by atoms with Crippen LogP contribution in [-0.2, 0) is 16.0 Å². The number of nitrogens with zero attached hydrogens (tertiary/aromatic N) is 3. The highest BCUT2D eigenvalue weighted by Gasteiger charge is 2.45. The molecule has 1 aromatic heterocycles. The second-order valence-electron chi connectivity index (χ2n) is 9.41. The SMILES string of the molecule is Cc1cc(C(=O)N2CCOC3(CCCCc4ccccc4OCCNC3=O)C2)nn1-c1ccccc1. The smallest absolute Gasteiger partial charge is 0.274 e. The molecule has 5 rings (SSSR count). The van der Waals surface area contributed by atoms with Crippen molar-refractivity contribution in [3.05, 3.63) is 77.6 Å². The first kappa shape index (κ1) is 24.1. The summed E-state index contributed by atoms with van der Waals surface area (Å²) in [7, 11) is 0. The van der Waals surface area contributed by atoms with E-state index in [0.29, 0.717) is 38.4 Å². The third-order valence-electron chi connectivity index (χ3n) is 6.89. The molecule has 188 valence electrons. The number of nitrogens with one attached hydrogen (secondary N) is 1. The number of aromatic nitrogens is 2. The Kier molecular flexibility index (Phi) is 7.04. The number of morpholine rings is 1. The zero-order chi connectivity index (χ0) is 25.0. The van der Waals surface area contributed by atoms with E-state index in [1.807, 2.05) is 55.5 Å². The Morgan fingerprint density at radius 2 is 1.86 bits per heavy atom.